The van der Waals surface area contributed by atoms with Gasteiger partial charge in [0.25, 0.3) is 0 Å². The molecule has 23 heavy (non-hydrogen) atoms. The summed E-state index contributed by atoms with van der Waals surface area (Å²) in [6.07, 6.45) is 2.29. The van der Waals surface area contributed by atoms with Gasteiger partial charge in [-0.15, -0.1) is 0 Å². The lowest BCUT2D eigenvalue weighted by atomic mass is 9.82. The van der Waals surface area contributed by atoms with Gasteiger partial charge in [-0.3, -0.25) is 0 Å². The molecule has 110 valence electrons. The molecule has 0 aromatic heterocycles. The first-order valence-corrected chi connectivity index (χ1v) is 8.34. The highest BCUT2D eigenvalue weighted by Crippen LogP contribution is 2.39. The Hall–Kier alpha value is -2.60. The number of benzene rings is 4. The Labute approximate surface area is 136 Å². The summed E-state index contributed by atoms with van der Waals surface area (Å²) in [5.74, 6) is 0. The molecule has 0 fully saturated rings. The van der Waals surface area contributed by atoms with Crippen LogP contribution < -0.4 is 0 Å². The van der Waals surface area contributed by atoms with Crippen molar-refractivity contribution in [2.45, 2.75) is 19.8 Å². The maximum absolute atomic E-state index is 2.33. The predicted octanol–water partition coefficient (Wildman–Crippen LogP) is 6.07. The molecule has 0 N–H and O–H groups in total. The number of aryl methyl sites for hydroxylation is 3. The molecule has 0 unspecified atom stereocenters. The first-order chi connectivity index (χ1) is 11.3. The normalized spacial score (nSPS) is 13.1. The molecule has 0 radical (unpaired) electrons. The van der Waals surface area contributed by atoms with Crippen LogP contribution in [0.15, 0.2) is 66.7 Å². The zero-order chi connectivity index (χ0) is 15.4. The number of hydrogen-bond acceptors (Lipinski definition) is 0. The van der Waals surface area contributed by atoms with Gasteiger partial charge in [0.15, 0.2) is 0 Å². The minimum atomic E-state index is 1.14. The van der Waals surface area contributed by atoms with E-state index in [-0.39, 0.29) is 0 Å². The first kappa shape index (κ1) is 12.9. The average Bonchev–Trinajstić information content (AvgIpc) is 2.60. The van der Waals surface area contributed by atoms with E-state index in [4.69, 9.17) is 0 Å². The van der Waals surface area contributed by atoms with Crippen molar-refractivity contribution < 1.29 is 0 Å². The molecule has 0 saturated heterocycles. The summed E-state index contributed by atoms with van der Waals surface area (Å²) < 4.78 is 0. The highest BCUT2D eigenvalue weighted by atomic mass is 14.2. The molecule has 0 amide bonds. The zero-order valence-corrected chi connectivity index (χ0v) is 13.3. The van der Waals surface area contributed by atoms with E-state index >= 15 is 0 Å². The van der Waals surface area contributed by atoms with E-state index in [0.717, 1.165) is 12.8 Å². The van der Waals surface area contributed by atoms with Gasteiger partial charge in [-0.1, -0.05) is 72.3 Å². The number of rotatable bonds is 0. The maximum atomic E-state index is 2.33. The second-order valence-electron chi connectivity index (χ2n) is 6.63. The van der Waals surface area contributed by atoms with Gasteiger partial charge in [-0.25, -0.2) is 0 Å². The molecular formula is C23H18. The van der Waals surface area contributed by atoms with Crippen molar-refractivity contribution in [2.75, 3.05) is 0 Å². The third-order valence-electron chi connectivity index (χ3n) is 5.24. The minimum Gasteiger partial charge on any atom is -0.0620 e. The Morgan fingerprint density at radius 2 is 1.48 bits per heavy atom. The summed E-state index contributed by atoms with van der Waals surface area (Å²) >= 11 is 0. The molecular weight excluding hydrogens is 276 g/mol. The van der Waals surface area contributed by atoms with Gasteiger partial charge >= 0.3 is 0 Å². The lowest BCUT2D eigenvalue weighted by Gasteiger charge is -2.22. The summed E-state index contributed by atoms with van der Waals surface area (Å²) in [6, 6.07) is 24.8. The van der Waals surface area contributed by atoms with Crippen LogP contribution >= 0.6 is 0 Å². The van der Waals surface area contributed by atoms with Crippen LogP contribution in [0, 0.1) is 6.92 Å². The first-order valence-electron chi connectivity index (χ1n) is 8.34. The molecule has 0 saturated carbocycles. The van der Waals surface area contributed by atoms with Crippen LogP contribution in [-0.4, -0.2) is 0 Å². The van der Waals surface area contributed by atoms with Crippen molar-refractivity contribution in [2.24, 2.45) is 0 Å². The Morgan fingerprint density at radius 1 is 0.652 bits per heavy atom. The van der Waals surface area contributed by atoms with Crippen LogP contribution in [0.1, 0.15) is 16.7 Å². The molecule has 4 aromatic carbocycles. The van der Waals surface area contributed by atoms with Gasteiger partial charge in [0.1, 0.15) is 0 Å². The van der Waals surface area contributed by atoms with Crippen molar-refractivity contribution in [1.82, 2.24) is 0 Å². The van der Waals surface area contributed by atoms with Crippen LogP contribution in [-0.2, 0) is 12.8 Å². The van der Waals surface area contributed by atoms with Crippen LogP contribution in [0.2, 0.25) is 0 Å². The van der Waals surface area contributed by atoms with Crippen molar-refractivity contribution >= 4 is 21.5 Å². The van der Waals surface area contributed by atoms with Crippen LogP contribution in [0.3, 0.4) is 0 Å². The van der Waals surface area contributed by atoms with E-state index in [1.165, 1.54) is 49.4 Å². The van der Waals surface area contributed by atoms with E-state index in [0.29, 0.717) is 0 Å². The van der Waals surface area contributed by atoms with Gasteiger partial charge in [0, 0.05) is 0 Å². The second-order valence-corrected chi connectivity index (χ2v) is 6.63. The standard InChI is InChI=1S/C23H18/c1-15-6-7-17-9-11-21-20-10-8-16-4-2-3-5-18(16)19(20)12-13-22(21)23(17)14-15/h2-7,9,11-14H,8,10H2,1H3. The molecule has 0 atom stereocenters. The molecule has 0 spiro atoms. The Balaban J connectivity index is 1.89. The summed E-state index contributed by atoms with van der Waals surface area (Å²) in [4.78, 5) is 0. The molecule has 0 heterocycles. The summed E-state index contributed by atoms with van der Waals surface area (Å²) in [6.45, 7) is 2.17. The second kappa shape index (κ2) is 4.70. The largest absolute Gasteiger partial charge is 0.0620 e. The third kappa shape index (κ3) is 1.85. The van der Waals surface area contributed by atoms with Crippen molar-refractivity contribution in [3.8, 4) is 11.1 Å². The lowest BCUT2D eigenvalue weighted by molar-refractivity contribution is 0.951. The topological polar surface area (TPSA) is 0 Å². The van der Waals surface area contributed by atoms with Gasteiger partial charge in [0.05, 0.1) is 0 Å². The molecule has 0 bridgehead atoms. The van der Waals surface area contributed by atoms with Crippen LogP contribution in [0.4, 0.5) is 0 Å². The molecule has 4 aromatic rings. The zero-order valence-electron chi connectivity index (χ0n) is 13.3. The SMILES string of the molecule is Cc1ccc2ccc3c4c(ccc3c2c1)-c1ccccc1CC4. The van der Waals surface area contributed by atoms with Gasteiger partial charge in [0.2, 0.25) is 0 Å². The fraction of sp³-hybridized carbons (Fsp3) is 0.130. The quantitative estimate of drug-likeness (QED) is 0.345. The third-order valence-corrected chi connectivity index (χ3v) is 5.24. The minimum absolute atomic E-state index is 1.14. The fourth-order valence-corrected chi connectivity index (χ4v) is 4.09. The van der Waals surface area contributed by atoms with Gasteiger partial charge < -0.3 is 0 Å². The Bertz CT molecular complexity index is 1070. The van der Waals surface area contributed by atoms with Crippen LogP contribution in [0.25, 0.3) is 32.7 Å². The van der Waals surface area contributed by atoms with Crippen molar-refractivity contribution in [3.63, 3.8) is 0 Å². The summed E-state index contributed by atoms with van der Waals surface area (Å²) in [5.41, 5.74) is 7.17. The summed E-state index contributed by atoms with van der Waals surface area (Å²) in [7, 11) is 0. The number of fused-ring (bicyclic) bond motifs is 7. The van der Waals surface area contributed by atoms with Gasteiger partial charge in [-0.05, 0) is 63.6 Å². The maximum Gasteiger partial charge on any atom is -0.0102 e. The predicted molar refractivity (Wildman–Crippen MR) is 99.0 cm³/mol. The Kier molecular flexibility index (Phi) is 2.63. The summed E-state index contributed by atoms with van der Waals surface area (Å²) in [5, 5.41) is 5.53. The van der Waals surface area contributed by atoms with E-state index < -0.39 is 0 Å². The van der Waals surface area contributed by atoms with E-state index in [9.17, 15) is 0 Å². The smallest absolute Gasteiger partial charge is 0.0102 e. The molecule has 0 heteroatoms. The highest BCUT2D eigenvalue weighted by molar-refractivity contribution is 6.10. The van der Waals surface area contributed by atoms with Crippen molar-refractivity contribution in [3.05, 3.63) is 83.4 Å². The molecule has 1 aliphatic carbocycles. The fourth-order valence-electron chi connectivity index (χ4n) is 4.09. The average molecular weight is 294 g/mol. The van der Waals surface area contributed by atoms with E-state index in [1.807, 2.05) is 0 Å². The highest BCUT2D eigenvalue weighted by Gasteiger charge is 2.18. The molecule has 0 aliphatic heterocycles. The molecule has 1 aliphatic rings. The van der Waals surface area contributed by atoms with Crippen molar-refractivity contribution in [1.29, 1.82) is 0 Å². The Morgan fingerprint density at radius 3 is 2.43 bits per heavy atom. The van der Waals surface area contributed by atoms with Gasteiger partial charge in [-0.2, -0.15) is 0 Å². The van der Waals surface area contributed by atoms with Crippen LogP contribution in [0.5, 0.6) is 0 Å². The molecule has 0 nitrogen and oxygen atoms in total. The lowest BCUT2D eigenvalue weighted by Crippen LogP contribution is -2.04. The van der Waals surface area contributed by atoms with E-state index in [1.54, 1.807) is 0 Å². The monoisotopic (exact) mass is 294 g/mol. The molecule has 5 rings (SSSR count). The number of hydrogen-bond donors (Lipinski definition) is 0. The van der Waals surface area contributed by atoms with E-state index in [2.05, 4.69) is 73.7 Å².